The number of rotatable bonds is 5. The molecule has 9 heteroatoms. The number of amides is 1. The third kappa shape index (κ3) is 5.66. The summed E-state index contributed by atoms with van der Waals surface area (Å²) in [4.78, 5) is 11.2. The lowest BCUT2D eigenvalue weighted by molar-refractivity contribution is -0.274. The Hall–Kier alpha value is -0.990. The summed E-state index contributed by atoms with van der Waals surface area (Å²) in [6.07, 6.45) is -11.2. The number of carbonyl (C=O) groups excluding carboxylic acids is 1. The lowest BCUT2D eigenvalue weighted by Gasteiger charge is -2.27. The Morgan fingerprint density at radius 2 is 1.53 bits per heavy atom. The van der Waals surface area contributed by atoms with Crippen LogP contribution >= 0.6 is 0 Å². The van der Waals surface area contributed by atoms with Crippen LogP contribution < -0.4 is 11.1 Å². The van der Waals surface area contributed by atoms with Gasteiger partial charge in [0.2, 0.25) is 11.8 Å². The molecule has 0 aliphatic carbocycles. The SMILES string of the molecule is CC(C)C(CCN)NC(=O)C(C(F)(F)F)C(F)(F)F. The Kier molecular flexibility index (Phi) is 6.11. The van der Waals surface area contributed by atoms with Crippen LogP contribution in [-0.2, 0) is 4.79 Å². The molecule has 0 radical (unpaired) electrons. The quantitative estimate of drug-likeness (QED) is 0.764. The first-order valence-electron chi connectivity index (χ1n) is 5.55. The van der Waals surface area contributed by atoms with Crippen molar-refractivity contribution >= 4 is 5.91 Å². The minimum Gasteiger partial charge on any atom is -0.352 e. The first-order chi connectivity index (χ1) is 8.41. The van der Waals surface area contributed by atoms with Crippen molar-refractivity contribution in [3.63, 3.8) is 0 Å². The maximum absolute atomic E-state index is 12.3. The molecule has 0 aromatic rings. The number of hydrogen-bond donors (Lipinski definition) is 2. The van der Waals surface area contributed by atoms with Crippen LogP contribution in [0.3, 0.4) is 0 Å². The van der Waals surface area contributed by atoms with Crippen LogP contribution in [-0.4, -0.2) is 30.8 Å². The molecule has 1 atom stereocenters. The highest BCUT2D eigenvalue weighted by molar-refractivity contribution is 5.80. The van der Waals surface area contributed by atoms with Gasteiger partial charge in [-0.3, -0.25) is 4.79 Å². The first-order valence-corrected chi connectivity index (χ1v) is 5.55. The van der Waals surface area contributed by atoms with E-state index in [-0.39, 0.29) is 18.9 Å². The number of halogens is 6. The fourth-order valence-corrected chi connectivity index (χ4v) is 1.50. The highest BCUT2D eigenvalue weighted by Crippen LogP contribution is 2.39. The van der Waals surface area contributed by atoms with Crippen LogP contribution in [0.5, 0.6) is 0 Å². The highest BCUT2D eigenvalue weighted by Gasteiger charge is 2.61. The van der Waals surface area contributed by atoms with E-state index in [0.29, 0.717) is 0 Å². The van der Waals surface area contributed by atoms with E-state index in [2.05, 4.69) is 0 Å². The van der Waals surface area contributed by atoms with E-state index in [9.17, 15) is 31.1 Å². The molecule has 0 fully saturated rings. The average Bonchev–Trinajstić information content (AvgIpc) is 2.11. The van der Waals surface area contributed by atoms with Gasteiger partial charge in [0.1, 0.15) is 0 Å². The molecule has 0 saturated carbocycles. The van der Waals surface area contributed by atoms with Gasteiger partial charge >= 0.3 is 12.4 Å². The van der Waals surface area contributed by atoms with E-state index in [1.807, 2.05) is 0 Å². The summed E-state index contributed by atoms with van der Waals surface area (Å²) in [5.74, 6) is -6.43. The Balaban J connectivity index is 5.02. The molecule has 3 N–H and O–H groups in total. The molecule has 0 aliphatic heterocycles. The molecule has 19 heavy (non-hydrogen) atoms. The van der Waals surface area contributed by atoms with Crippen molar-refractivity contribution in [2.45, 2.75) is 38.7 Å². The second-order valence-corrected chi connectivity index (χ2v) is 4.45. The lowest BCUT2D eigenvalue weighted by atomic mass is 9.99. The van der Waals surface area contributed by atoms with Crippen LogP contribution in [0.1, 0.15) is 20.3 Å². The van der Waals surface area contributed by atoms with E-state index >= 15 is 0 Å². The predicted molar refractivity (Wildman–Crippen MR) is 56.0 cm³/mol. The molecular weight excluding hydrogens is 278 g/mol. The summed E-state index contributed by atoms with van der Waals surface area (Å²) in [7, 11) is 0. The molecule has 0 aromatic heterocycles. The van der Waals surface area contributed by atoms with Crippen molar-refractivity contribution in [2.24, 2.45) is 17.6 Å². The Morgan fingerprint density at radius 1 is 1.11 bits per heavy atom. The fourth-order valence-electron chi connectivity index (χ4n) is 1.50. The maximum atomic E-state index is 12.3. The number of nitrogens with one attached hydrogen (secondary N) is 1. The predicted octanol–water partition coefficient (Wildman–Crippen LogP) is 2.22. The molecule has 3 nitrogen and oxygen atoms in total. The molecule has 114 valence electrons. The van der Waals surface area contributed by atoms with Gasteiger partial charge in [0.25, 0.3) is 0 Å². The highest BCUT2D eigenvalue weighted by atomic mass is 19.4. The topological polar surface area (TPSA) is 55.1 Å². The molecule has 0 rings (SSSR count). The lowest BCUT2D eigenvalue weighted by Crippen LogP contribution is -2.51. The van der Waals surface area contributed by atoms with Gasteiger partial charge in [-0.1, -0.05) is 13.8 Å². The Labute approximate surface area is 106 Å². The van der Waals surface area contributed by atoms with Crippen LogP contribution in [0.2, 0.25) is 0 Å². The minimum atomic E-state index is -5.67. The van der Waals surface area contributed by atoms with Gasteiger partial charge in [0.05, 0.1) is 0 Å². The van der Waals surface area contributed by atoms with Gasteiger partial charge in [0.15, 0.2) is 0 Å². The second-order valence-electron chi connectivity index (χ2n) is 4.45. The molecule has 0 aromatic carbocycles. The normalized spacial score (nSPS) is 14.9. The van der Waals surface area contributed by atoms with E-state index in [4.69, 9.17) is 5.73 Å². The molecular formula is C10H16F6N2O. The van der Waals surface area contributed by atoms with Crippen molar-refractivity contribution in [1.82, 2.24) is 5.32 Å². The van der Waals surface area contributed by atoms with Gasteiger partial charge in [-0.15, -0.1) is 0 Å². The average molecular weight is 294 g/mol. The molecule has 0 saturated heterocycles. The summed E-state index contributed by atoms with van der Waals surface area (Å²) in [6, 6.07) is -0.829. The first kappa shape index (κ1) is 18.0. The van der Waals surface area contributed by atoms with E-state index in [1.165, 1.54) is 0 Å². The van der Waals surface area contributed by atoms with Crippen LogP contribution in [0.4, 0.5) is 26.3 Å². The molecule has 0 spiro atoms. The van der Waals surface area contributed by atoms with Gasteiger partial charge in [-0.2, -0.15) is 26.3 Å². The second kappa shape index (κ2) is 6.44. The number of carbonyl (C=O) groups is 1. The maximum Gasteiger partial charge on any atom is 0.409 e. The summed E-state index contributed by atoms with van der Waals surface area (Å²) in [6.45, 7) is 3.18. The van der Waals surface area contributed by atoms with Crippen molar-refractivity contribution < 1.29 is 31.1 Å². The third-order valence-electron chi connectivity index (χ3n) is 2.53. The Morgan fingerprint density at radius 3 is 1.79 bits per heavy atom. The smallest absolute Gasteiger partial charge is 0.352 e. The van der Waals surface area contributed by atoms with Crippen LogP contribution in [0.15, 0.2) is 0 Å². The van der Waals surface area contributed by atoms with Gasteiger partial charge < -0.3 is 11.1 Å². The van der Waals surface area contributed by atoms with Crippen molar-refractivity contribution in [3.05, 3.63) is 0 Å². The number of hydrogen-bond acceptors (Lipinski definition) is 2. The minimum absolute atomic E-state index is 0.0474. The summed E-state index contributed by atoms with van der Waals surface area (Å²) in [5.41, 5.74) is 5.19. The zero-order valence-electron chi connectivity index (χ0n) is 10.4. The molecule has 1 amide bonds. The molecule has 0 heterocycles. The molecule has 0 bridgehead atoms. The number of alkyl halides is 6. The summed E-state index contributed by atoms with van der Waals surface area (Å²) in [5, 5.41) is 1.77. The van der Waals surface area contributed by atoms with Crippen molar-refractivity contribution in [2.75, 3.05) is 6.54 Å². The summed E-state index contributed by atoms with van der Waals surface area (Å²) < 4.78 is 73.8. The van der Waals surface area contributed by atoms with Crippen LogP contribution in [0, 0.1) is 11.8 Å². The molecule has 0 aliphatic rings. The van der Waals surface area contributed by atoms with E-state index < -0.39 is 30.2 Å². The zero-order chi connectivity index (χ0) is 15.4. The van der Waals surface area contributed by atoms with E-state index in [0.717, 1.165) is 0 Å². The van der Waals surface area contributed by atoms with Gasteiger partial charge in [0, 0.05) is 6.04 Å². The Bertz CT molecular complexity index is 285. The van der Waals surface area contributed by atoms with Crippen molar-refractivity contribution in [1.29, 1.82) is 0 Å². The summed E-state index contributed by atoms with van der Waals surface area (Å²) >= 11 is 0. The number of nitrogens with two attached hydrogens (primary N) is 1. The largest absolute Gasteiger partial charge is 0.409 e. The third-order valence-corrected chi connectivity index (χ3v) is 2.53. The standard InChI is InChI=1S/C10H16F6N2O/c1-5(2)6(3-4-17)18-8(19)7(9(11,12)13)10(14,15)16/h5-7H,3-4,17H2,1-2H3,(H,18,19). The fraction of sp³-hybridized carbons (Fsp3) is 0.900. The van der Waals surface area contributed by atoms with Crippen LogP contribution in [0.25, 0.3) is 0 Å². The van der Waals surface area contributed by atoms with E-state index in [1.54, 1.807) is 19.2 Å². The van der Waals surface area contributed by atoms with Gasteiger partial charge in [-0.25, -0.2) is 0 Å². The zero-order valence-corrected chi connectivity index (χ0v) is 10.4. The molecule has 1 unspecified atom stereocenters. The monoisotopic (exact) mass is 294 g/mol. The van der Waals surface area contributed by atoms with Crippen molar-refractivity contribution in [3.8, 4) is 0 Å². The van der Waals surface area contributed by atoms with Gasteiger partial charge in [-0.05, 0) is 18.9 Å².